The first-order valence-corrected chi connectivity index (χ1v) is 7.58. The molecule has 0 heterocycles. The summed E-state index contributed by atoms with van der Waals surface area (Å²) in [5.41, 5.74) is 0.480. The van der Waals surface area contributed by atoms with E-state index in [1.807, 2.05) is 6.92 Å². The van der Waals surface area contributed by atoms with E-state index in [9.17, 15) is 18.0 Å². The van der Waals surface area contributed by atoms with E-state index in [1.165, 1.54) is 0 Å². The van der Waals surface area contributed by atoms with Crippen molar-refractivity contribution in [1.29, 1.82) is 0 Å². The molecule has 0 saturated carbocycles. The Kier molecular flexibility index (Phi) is 6.09. The van der Waals surface area contributed by atoms with Gasteiger partial charge >= 0.3 is 0 Å². The van der Waals surface area contributed by atoms with Crippen molar-refractivity contribution in [3.63, 3.8) is 0 Å². The van der Waals surface area contributed by atoms with Gasteiger partial charge in [0.2, 0.25) is 5.91 Å². The summed E-state index contributed by atoms with van der Waals surface area (Å²) in [4.78, 5) is 11.7. The van der Waals surface area contributed by atoms with E-state index in [0.29, 0.717) is 17.2 Å². The normalized spacial score (nSPS) is 10.5. The number of ether oxygens (including phenoxy) is 1. The fraction of sp³-hybridized carbons (Fsp3) is 0.235. The number of hydrogen-bond donors (Lipinski definition) is 1. The monoisotopic (exact) mass is 357 g/mol. The standard InChI is InChI=1S/C17H15ClF3NO2/c1-10-9-11(4-5-12(10)18)24-8-2-3-15(23)22-14-7-6-13(19)16(20)17(14)21/h4-7,9H,2-3,8H2,1H3,(H,22,23). The molecule has 2 aromatic rings. The van der Waals surface area contributed by atoms with Gasteiger partial charge in [0, 0.05) is 11.4 Å². The predicted octanol–water partition coefficient (Wildman–Crippen LogP) is 4.86. The third-order valence-corrected chi connectivity index (χ3v) is 3.68. The van der Waals surface area contributed by atoms with Crippen LogP contribution >= 0.6 is 11.6 Å². The molecule has 24 heavy (non-hydrogen) atoms. The lowest BCUT2D eigenvalue weighted by Gasteiger charge is -2.09. The molecule has 0 bridgehead atoms. The highest BCUT2D eigenvalue weighted by atomic mass is 35.5. The van der Waals surface area contributed by atoms with Gasteiger partial charge in [0.25, 0.3) is 0 Å². The minimum Gasteiger partial charge on any atom is -0.494 e. The summed E-state index contributed by atoms with van der Waals surface area (Å²) in [7, 11) is 0. The molecule has 0 radical (unpaired) electrons. The SMILES string of the molecule is Cc1cc(OCCCC(=O)Nc2ccc(F)c(F)c2F)ccc1Cl. The second-order valence-corrected chi connectivity index (χ2v) is 5.54. The fourth-order valence-corrected chi connectivity index (χ4v) is 2.08. The molecule has 3 nitrogen and oxygen atoms in total. The van der Waals surface area contributed by atoms with Gasteiger partial charge in [-0.15, -0.1) is 0 Å². The lowest BCUT2D eigenvalue weighted by molar-refractivity contribution is -0.116. The number of benzene rings is 2. The molecule has 1 amide bonds. The molecule has 1 N–H and O–H groups in total. The first-order chi connectivity index (χ1) is 11.4. The van der Waals surface area contributed by atoms with Crippen molar-refractivity contribution in [1.82, 2.24) is 0 Å². The Labute approximate surface area is 142 Å². The van der Waals surface area contributed by atoms with Crippen LogP contribution in [0.25, 0.3) is 0 Å². The van der Waals surface area contributed by atoms with Crippen molar-refractivity contribution in [2.24, 2.45) is 0 Å². The molecule has 128 valence electrons. The van der Waals surface area contributed by atoms with Crippen molar-refractivity contribution in [3.05, 3.63) is 58.4 Å². The Hall–Kier alpha value is -2.21. The van der Waals surface area contributed by atoms with Crippen LogP contribution in [0.3, 0.4) is 0 Å². The Balaban J connectivity index is 1.79. The van der Waals surface area contributed by atoms with Gasteiger partial charge < -0.3 is 10.1 Å². The van der Waals surface area contributed by atoms with E-state index >= 15 is 0 Å². The topological polar surface area (TPSA) is 38.3 Å². The highest BCUT2D eigenvalue weighted by molar-refractivity contribution is 6.31. The number of aryl methyl sites for hydroxylation is 1. The van der Waals surface area contributed by atoms with Gasteiger partial charge in [-0.25, -0.2) is 13.2 Å². The zero-order chi connectivity index (χ0) is 17.7. The van der Waals surface area contributed by atoms with Crippen LogP contribution in [0.1, 0.15) is 18.4 Å². The summed E-state index contributed by atoms with van der Waals surface area (Å²) in [5.74, 6) is -4.23. The Bertz CT molecular complexity index is 753. The largest absolute Gasteiger partial charge is 0.494 e. The number of carbonyl (C=O) groups is 1. The lowest BCUT2D eigenvalue weighted by atomic mass is 10.2. The van der Waals surface area contributed by atoms with Crippen LogP contribution in [-0.2, 0) is 4.79 Å². The van der Waals surface area contributed by atoms with E-state index < -0.39 is 29.0 Å². The van der Waals surface area contributed by atoms with Crippen molar-refractivity contribution in [2.45, 2.75) is 19.8 Å². The van der Waals surface area contributed by atoms with Crippen LogP contribution in [0.5, 0.6) is 5.75 Å². The number of halogens is 4. The molecule has 0 aromatic heterocycles. The highest BCUT2D eigenvalue weighted by Gasteiger charge is 2.15. The summed E-state index contributed by atoms with van der Waals surface area (Å²) in [5, 5.41) is 2.83. The Morgan fingerprint density at radius 1 is 1.17 bits per heavy atom. The van der Waals surface area contributed by atoms with Crippen molar-refractivity contribution in [2.75, 3.05) is 11.9 Å². The summed E-state index contributed by atoms with van der Waals surface area (Å²) in [6.07, 6.45) is 0.420. The molecule has 0 aliphatic carbocycles. The maximum Gasteiger partial charge on any atom is 0.224 e. The molecule has 0 spiro atoms. The molecule has 0 atom stereocenters. The van der Waals surface area contributed by atoms with Gasteiger partial charge in [0.05, 0.1) is 12.3 Å². The summed E-state index contributed by atoms with van der Waals surface area (Å²) in [6.45, 7) is 2.12. The number of amides is 1. The van der Waals surface area contributed by atoms with Crippen molar-refractivity contribution < 1.29 is 22.7 Å². The van der Waals surface area contributed by atoms with Gasteiger partial charge in [-0.3, -0.25) is 4.79 Å². The molecule has 0 aliphatic rings. The van der Waals surface area contributed by atoms with Gasteiger partial charge in [-0.1, -0.05) is 11.6 Å². The van der Waals surface area contributed by atoms with E-state index in [4.69, 9.17) is 16.3 Å². The third kappa shape index (κ3) is 4.64. The van der Waals surface area contributed by atoms with Crippen LogP contribution in [0.4, 0.5) is 18.9 Å². The molecule has 2 aromatic carbocycles. The first kappa shape index (κ1) is 18.1. The van der Waals surface area contributed by atoms with Crippen LogP contribution in [0.15, 0.2) is 30.3 Å². The molecular formula is C17H15ClF3NO2. The summed E-state index contributed by atoms with van der Waals surface area (Å²) < 4.78 is 44.8. The van der Waals surface area contributed by atoms with Crippen molar-refractivity contribution in [3.8, 4) is 5.75 Å². The number of rotatable bonds is 6. The molecule has 0 saturated heterocycles. The van der Waals surface area contributed by atoms with Crippen LogP contribution in [0, 0.1) is 24.4 Å². The maximum atomic E-state index is 13.4. The van der Waals surface area contributed by atoms with Gasteiger partial charge in [-0.2, -0.15) is 0 Å². The minimum atomic E-state index is -1.62. The van der Waals surface area contributed by atoms with Crippen LogP contribution < -0.4 is 10.1 Å². The van der Waals surface area contributed by atoms with Gasteiger partial charge in [0.1, 0.15) is 5.75 Å². The van der Waals surface area contributed by atoms with E-state index in [2.05, 4.69) is 5.32 Å². The maximum absolute atomic E-state index is 13.4. The number of carbonyl (C=O) groups excluding carboxylic acids is 1. The summed E-state index contributed by atoms with van der Waals surface area (Å²) >= 11 is 5.90. The van der Waals surface area contributed by atoms with E-state index in [0.717, 1.165) is 17.7 Å². The molecular weight excluding hydrogens is 343 g/mol. The molecule has 2 rings (SSSR count). The highest BCUT2D eigenvalue weighted by Crippen LogP contribution is 2.22. The predicted molar refractivity (Wildman–Crippen MR) is 85.9 cm³/mol. The summed E-state index contributed by atoms with van der Waals surface area (Å²) in [6, 6.07) is 6.93. The number of hydrogen-bond acceptors (Lipinski definition) is 2. The fourth-order valence-electron chi connectivity index (χ4n) is 1.96. The minimum absolute atomic E-state index is 0.0466. The van der Waals surface area contributed by atoms with E-state index in [1.54, 1.807) is 18.2 Å². The Morgan fingerprint density at radius 2 is 1.92 bits per heavy atom. The van der Waals surface area contributed by atoms with Gasteiger partial charge in [-0.05, 0) is 49.2 Å². The third-order valence-electron chi connectivity index (χ3n) is 3.26. The molecule has 0 fully saturated rings. The number of anilines is 1. The Morgan fingerprint density at radius 3 is 2.62 bits per heavy atom. The van der Waals surface area contributed by atoms with E-state index in [-0.39, 0.29) is 13.0 Å². The average molecular weight is 358 g/mol. The number of nitrogens with one attached hydrogen (secondary N) is 1. The first-order valence-electron chi connectivity index (χ1n) is 7.21. The molecule has 0 aliphatic heterocycles. The zero-order valence-electron chi connectivity index (χ0n) is 12.8. The molecule has 7 heteroatoms. The lowest BCUT2D eigenvalue weighted by Crippen LogP contribution is -2.14. The van der Waals surface area contributed by atoms with Crippen LogP contribution in [-0.4, -0.2) is 12.5 Å². The van der Waals surface area contributed by atoms with Gasteiger partial charge in [0.15, 0.2) is 17.5 Å². The smallest absolute Gasteiger partial charge is 0.224 e. The second-order valence-electron chi connectivity index (χ2n) is 5.13. The second kappa shape index (κ2) is 8.06. The quantitative estimate of drug-likeness (QED) is 0.592. The van der Waals surface area contributed by atoms with Crippen LogP contribution in [0.2, 0.25) is 5.02 Å². The zero-order valence-corrected chi connectivity index (χ0v) is 13.6. The average Bonchev–Trinajstić information content (AvgIpc) is 2.55. The molecule has 0 unspecified atom stereocenters. The van der Waals surface area contributed by atoms with Crippen molar-refractivity contribution >= 4 is 23.2 Å².